The van der Waals surface area contributed by atoms with E-state index in [-0.39, 0.29) is 65.5 Å². The minimum atomic E-state index is -1.01. The molecule has 1 spiro atoms. The first kappa shape index (κ1) is 55.9. The van der Waals surface area contributed by atoms with Crippen molar-refractivity contribution in [3.8, 4) is 11.3 Å². The van der Waals surface area contributed by atoms with E-state index in [1.165, 1.54) is 31.4 Å². The van der Waals surface area contributed by atoms with Crippen LogP contribution in [0.5, 0.6) is 0 Å². The van der Waals surface area contributed by atoms with Crippen molar-refractivity contribution in [3.05, 3.63) is 118 Å². The predicted octanol–water partition coefficient (Wildman–Crippen LogP) is 7.46. The second-order valence-electron chi connectivity index (χ2n) is 24.7. The van der Waals surface area contributed by atoms with Gasteiger partial charge in [-0.05, 0) is 159 Å². The van der Waals surface area contributed by atoms with Gasteiger partial charge in [-0.1, -0.05) is 24.6 Å². The summed E-state index contributed by atoms with van der Waals surface area (Å²) in [4.78, 5) is 110. The second kappa shape index (κ2) is 22.0. The average Bonchev–Trinajstić information content (AvgIpc) is 1.71. The predicted molar refractivity (Wildman–Crippen MR) is 320 cm³/mol. The fraction of sp³-hybridized carbons (Fsp3) is 0.453. The Morgan fingerprint density at radius 1 is 0.788 bits per heavy atom. The van der Waals surface area contributed by atoms with Gasteiger partial charge in [0.2, 0.25) is 11.8 Å². The van der Waals surface area contributed by atoms with Crippen molar-refractivity contribution in [2.24, 2.45) is 0 Å². The molecule has 6 aliphatic heterocycles. The van der Waals surface area contributed by atoms with E-state index < -0.39 is 41.2 Å². The molecule has 4 saturated heterocycles. The number of carbonyl (C=O) groups excluding carboxylic acids is 6. The number of aromatic nitrogens is 4. The van der Waals surface area contributed by atoms with Gasteiger partial charge in [0.25, 0.3) is 23.6 Å². The lowest BCUT2D eigenvalue weighted by Gasteiger charge is -2.48. The molecule has 13 rings (SSSR count). The van der Waals surface area contributed by atoms with Crippen LogP contribution in [0.3, 0.4) is 0 Å². The fourth-order valence-electron chi connectivity index (χ4n) is 14.1. The van der Waals surface area contributed by atoms with Gasteiger partial charge in [0.05, 0.1) is 51.0 Å². The Balaban J connectivity index is 0.726. The van der Waals surface area contributed by atoms with Crippen molar-refractivity contribution in [2.45, 2.75) is 134 Å². The Morgan fingerprint density at radius 3 is 2.25 bits per heavy atom. The molecule has 21 heteroatoms. The van der Waals surface area contributed by atoms with Crippen LogP contribution in [0, 0.1) is 12.7 Å². The number of imidazole rings is 1. The molecular weight excluding hydrogens is 1080 g/mol. The van der Waals surface area contributed by atoms with Crippen LogP contribution in [0.25, 0.3) is 22.3 Å². The monoisotopic (exact) mass is 1150 g/mol. The van der Waals surface area contributed by atoms with Gasteiger partial charge in [-0.15, -0.1) is 0 Å². The first-order valence-electron chi connectivity index (χ1n) is 30.2. The minimum absolute atomic E-state index is 0.000619. The van der Waals surface area contributed by atoms with E-state index in [0.717, 1.165) is 47.6 Å². The summed E-state index contributed by atoms with van der Waals surface area (Å²) in [5, 5.41) is 18.6. The van der Waals surface area contributed by atoms with Gasteiger partial charge in [-0.2, -0.15) is 0 Å². The van der Waals surface area contributed by atoms with Crippen LogP contribution in [-0.2, 0) is 15.0 Å². The van der Waals surface area contributed by atoms with Crippen molar-refractivity contribution >= 4 is 75.2 Å². The molecule has 0 radical (unpaired) electrons. The second-order valence-corrected chi connectivity index (χ2v) is 24.7. The molecule has 85 heavy (non-hydrogen) atoms. The fourth-order valence-corrected chi connectivity index (χ4v) is 14.1. The lowest BCUT2D eigenvalue weighted by Crippen LogP contribution is -2.58. The molecule has 20 nitrogen and oxygen atoms in total. The first-order valence-corrected chi connectivity index (χ1v) is 30.2. The van der Waals surface area contributed by atoms with Crippen molar-refractivity contribution in [1.29, 1.82) is 0 Å². The lowest BCUT2D eigenvalue weighted by molar-refractivity contribution is -0.131. The number of aryl methyl sites for hydroxylation is 1. The number of hydrogen-bond donors (Lipinski definition) is 4. The number of fused-ring (bicyclic) bond motifs is 4. The van der Waals surface area contributed by atoms with E-state index in [4.69, 9.17) is 15.0 Å². The molecule has 442 valence electrons. The molecule has 2 atom stereocenters. The molecule has 1 saturated carbocycles. The number of nitrogens with zero attached hydrogens (tertiary/aromatic N) is 10. The number of rotatable bonds is 12. The molecule has 6 amide bonds. The lowest BCUT2D eigenvalue weighted by atomic mass is 9.73. The van der Waals surface area contributed by atoms with Gasteiger partial charge < -0.3 is 50.1 Å². The maximum Gasteiger partial charge on any atom is 0.264 e. The number of carbonyl (C=O) groups is 6. The summed E-state index contributed by atoms with van der Waals surface area (Å²) in [6, 6.07) is 19.2. The summed E-state index contributed by atoms with van der Waals surface area (Å²) in [6.45, 7) is 14.6. The maximum atomic E-state index is 16.0. The Bertz CT molecular complexity index is 3690. The number of pyridine rings is 2. The number of piperidine rings is 3. The van der Waals surface area contributed by atoms with Crippen LogP contribution in [0.15, 0.2) is 79.3 Å². The van der Waals surface area contributed by atoms with Crippen molar-refractivity contribution in [1.82, 2.24) is 44.9 Å². The van der Waals surface area contributed by atoms with Gasteiger partial charge in [0.1, 0.15) is 29.4 Å². The molecular formula is C64H72FN13O7. The van der Waals surface area contributed by atoms with Gasteiger partial charge in [-0.3, -0.25) is 33.7 Å². The van der Waals surface area contributed by atoms with Gasteiger partial charge in [0, 0.05) is 86.4 Å². The topological polar surface area (TPSA) is 222 Å². The number of hydrogen-bond acceptors (Lipinski definition) is 14. The summed E-state index contributed by atoms with van der Waals surface area (Å²) in [7, 11) is 0. The quantitative estimate of drug-likeness (QED) is 0.0874. The minimum Gasteiger partial charge on any atom is -0.374 e. The molecule has 9 heterocycles. The number of amides is 6. The Labute approximate surface area is 492 Å². The van der Waals surface area contributed by atoms with Crippen LogP contribution < -0.4 is 30.7 Å². The molecule has 5 fully saturated rings. The van der Waals surface area contributed by atoms with Crippen molar-refractivity contribution in [2.75, 3.05) is 72.4 Å². The van der Waals surface area contributed by atoms with E-state index >= 15 is 9.18 Å². The molecule has 4 N–H and O–H groups in total. The number of benzene rings is 3. The maximum absolute atomic E-state index is 16.0. The highest BCUT2D eigenvalue weighted by Crippen LogP contribution is 2.52. The average molecular weight is 1150 g/mol. The molecule has 6 aromatic rings. The van der Waals surface area contributed by atoms with Crippen LogP contribution >= 0.6 is 0 Å². The highest BCUT2D eigenvalue weighted by Gasteiger charge is 2.56. The molecule has 1 aliphatic carbocycles. The van der Waals surface area contributed by atoms with Gasteiger partial charge >= 0.3 is 0 Å². The number of halogens is 1. The molecule has 7 aliphatic rings. The van der Waals surface area contributed by atoms with Crippen molar-refractivity contribution in [3.63, 3.8) is 0 Å². The summed E-state index contributed by atoms with van der Waals surface area (Å²) in [6.07, 6.45) is 9.06. The van der Waals surface area contributed by atoms with E-state index in [1.54, 1.807) is 37.6 Å². The highest BCUT2D eigenvalue weighted by molar-refractivity contribution is 6.25. The SMILES string of the molecule is Cc1cc(F)c(Nc2nc(-c3ccc4c(c3)N([C@H]3C[C@@H](N5CCCCC5)C3)C(=O)C43CCN(C(=O)c4ccc(N5CCN(c6cccc7c6C(=O)N(C6CCC(O)NC6=O)C7=O)CC5)nc4)CC3)cc3ncn(C(C)C)c23)cc1C(=O)NC(C)C. The Kier molecular flexibility index (Phi) is 14.4. The van der Waals surface area contributed by atoms with Crippen LogP contribution in [0.1, 0.15) is 144 Å². The third-order valence-corrected chi connectivity index (χ3v) is 18.8. The number of nitrogens with one attached hydrogen (secondary N) is 3. The zero-order valence-corrected chi connectivity index (χ0v) is 48.7. The standard InChI is InChI=1S/C64H72FN13O7/c1-36(2)68-58(80)44-32-48(46(65)28-38(44)5)70-57-56-49(67-35-76(56)37(3)4)33-47(69-57)39-12-14-45-52(29-39)77(42-30-41(31-42)72-20-7-6-8-21-72)63(85)64(45)18-22-75(23-19-64)60(82)40-13-16-53(66-34-40)74-26-24-73(25-27-74)50-11-9-10-43-55(50)62(84)78(61(43)83)51-15-17-54(79)71-59(51)81/h9-14,16,28-29,32-37,41-42,51,54,79H,6-8,15,17-27,30-31H2,1-5H3,(H,68,80)(H,69,70)(H,71,81)/t41-,42+,51?,54?. The highest BCUT2D eigenvalue weighted by atomic mass is 19.1. The number of anilines is 5. The molecule has 3 aromatic heterocycles. The number of likely N-dealkylation sites (tertiary alicyclic amines) is 2. The van der Waals surface area contributed by atoms with Gasteiger partial charge in [0.15, 0.2) is 5.82 Å². The summed E-state index contributed by atoms with van der Waals surface area (Å²) < 4.78 is 17.9. The first-order chi connectivity index (χ1) is 41.0. The van der Waals surface area contributed by atoms with E-state index in [1.807, 2.05) is 61.4 Å². The third-order valence-electron chi connectivity index (χ3n) is 18.8. The Hall–Kier alpha value is -8.30. The summed E-state index contributed by atoms with van der Waals surface area (Å²) >= 11 is 0. The molecule has 3 aromatic carbocycles. The van der Waals surface area contributed by atoms with E-state index in [9.17, 15) is 29.1 Å². The number of imide groups is 1. The Morgan fingerprint density at radius 2 is 1.54 bits per heavy atom. The van der Waals surface area contributed by atoms with Crippen LogP contribution in [-0.4, -0.2) is 158 Å². The zero-order valence-electron chi connectivity index (χ0n) is 48.7. The third kappa shape index (κ3) is 9.81. The number of piperazine rings is 1. The van der Waals surface area contributed by atoms with Crippen LogP contribution in [0.4, 0.5) is 33.1 Å². The van der Waals surface area contributed by atoms with Gasteiger partial charge in [-0.25, -0.2) is 19.3 Å². The molecule has 2 unspecified atom stereocenters. The van der Waals surface area contributed by atoms with Crippen molar-refractivity contribution < 1.29 is 38.3 Å². The number of aliphatic hydroxyl groups is 1. The zero-order chi connectivity index (χ0) is 59.2. The normalized spacial score (nSPS) is 22.4. The van der Waals surface area contributed by atoms with E-state index in [2.05, 4.69) is 47.7 Å². The summed E-state index contributed by atoms with van der Waals surface area (Å²) in [5.41, 5.74) is 6.24. The molecule has 0 bridgehead atoms. The smallest absolute Gasteiger partial charge is 0.264 e. The van der Waals surface area contributed by atoms with E-state index in [0.29, 0.717) is 109 Å². The number of aliphatic hydroxyl groups excluding tert-OH is 1. The van der Waals surface area contributed by atoms with Crippen LogP contribution in [0.2, 0.25) is 0 Å². The largest absolute Gasteiger partial charge is 0.374 e. The summed E-state index contributed by atoms with van der Waals surface area (Å²) in [5.74, 6) is -1.41.